The van der Waals surface area contributed by atoms with Gasteiger partial charge in [-0.25, -0.2) is 4.39 Å². The smallest absolute Gasteiger partial charge is 0.123 e. The zero-order valence-corrected chi connectivity index (χ0v) is 13.2. The van der Waals surface area contributed by atoms with Gasteiger partial charge in [-0.05, 0) is 74.7 Å². The number of nitrogens with one attached hydrogen (secondary N) is 1. The molecule has 112 valence electrons. The second-order valence-electron chi connectivity index (χ2n) is 5.63. The molecule has 3 heteroatoms. The number of nitrogens with zero attached hydrogens (tertiary/aromatic N) is 1. The van der Waals surface area contributed by atoms with E-state index in [1.165, 1.54) is 0 Å². The fourth-order valence-corrected chi connectivity index (χ4v) is 2.68. The first-order valence-corrected chi connectivity index (χ1v) is 7.45. The van der Waals surface area contributed by atoms with Gasteiger partial charge in [0.1, 0.15) is 5.82 Å². The van der Waals surface area contributed by atoms with Crippen molar-refractivity contribution in [2.24, 2.45) is 0 Å². The quantitative estimate of drug-likeness (QED) is 0.889. The Labute approximate surface area is 126 Å². The van der Waals surface area contributed by atoms with Gasteiger partial charge in [0.15, 0.2) is 0 Å². The molecule has 0 radical (unpaired) electrons. The van der Waals surface area contributed by atoms with Gasteiger partial charge < -0.3 is 5.32 Å². The average molecular weight is 286 g/mol. The molecule has 0 saturated heterocycles. The molecule has 0 amide bonds. The van der Waals surface area contributed by atoms with E-state index in [1.54, 1.807) is 12.1 Å². The maximum atomic E-state index is 13.7. The molecule has 0 spiro atoms. The number of hydrogen-bond acceptors (Lipinski definition) is 2. The number of halogens is 1. The summed E-state index contributed by atoms with van der Waals surface area (Å²) in [4.78, 5) is 4.42. The first-order chi connectivity index (χ1) is 9.99. The maximum Gasteiger partial charge on any atom is 0.123 e. The molecule has 0 saturated carbocycles. The summed E-state index contributed by atoms with van der Waals surface area (Å²) < 4.78 is 13.7. The zero-order valence-electron chi connectivity index (χ0n) is 13.2. The molecular formula is C18H23FN2. The van der Waals surface area contributed by atoms with Crippen molar-refractivity contribution in [2.45, 2.75) is 40.2 Å². The van der Waals surface area contributed by atoms with Crippen molar-refractivity contribution in [1.29, 1.82) is 0 Å². The van der Waals surface area contributed by atoms with Crippen LogP contribution in [0.3, 0.4) is 0 Å². The van der Waals surface area contributed by atoms with Crippen molar-refractivity contribution in [3.63, 3.8) is 0 Å². The minimum absolute atomic E-state index is 0.000231. The lowest BCUT2D eigenvalue weighted by Gasteiger charge is -2.21. The number of pyridine rings is 1. The van der Waals surface area contributed by atoms with E-state index in [0.29, 0.717) is 0 Å². The van der Waals surface area contributed by atoms with Gasteiger partial charge >= 0.3 is 0 Å². The number of rotatable bonds is 5. The molecule has 0 bridgehead atoms. The highest BCUT2D eigenvalue weighted by atomic mass is 19.1. The fraction of sp³-hybridized carbons (Fsp3) is 0.389. The molecule has 21 heavy (non-hydrogen) atoms. The van der Waals surface area contributed by atoms with Crippen LogP contribution in [0.2, 0.25) is 0 Å². The minimum atomic E-state index is -0.184. The summed E-state index contributed by atoms with van der Waals surface area (Å²) in [5.41, 5.74) is 5.02. The van der Waals surface area contributed by atoms with Gasteiger partial charge in [-0.1, -0.05) is 13.0 Å². The Morgan fingerprint density at radius 3 is 2.19 bits per heavy atom. The van der Waals surface area contributed by atoms with Gasteiger partial charge in [-0.3, -0.25) is 4.98 Å². The topological polar surface area (TPSA) is 24.9 Å². The van der Waals surface area contributed by atoms with Gasteiger partial charge in [0.25, 0.3) is 0 Å². The van der Waals surface area contributed by atoms with Gasteiger partial charge in [0.2, 0.25) is 0 Å². The lowest BCUT2D eigenvalue weighted by molar-refractivity contribution is 0.583. The summed E-state index contributed by atoms with van der Waals surface area (Å²) in [6.45, 7) is 8.92. The molecule has 1 aromatic carbocycles. The molecule has 0 aliphatic carbocycles. The van der Waals surface area contributed by atoms with Crippen LogP contribution in [0, 0.1) is 26.6 Å². The maximum absolute atomic E-state index is 13.7. The van der Waals surface area contributed by atoms with E-state index in [0.717, 1.165) is 41.0 Å². The first-order valence-electron chi connectivity index (χ1n) is 7.45. The predicted octanol–water partition coefficient (Wildman–Crippen LogP) is 4.23. The van der Waals surface area contributed by atoms with E-state index in [4.69, 9.17) is 0 Å². The summed E-state index contributed by atoms with van der Waals surface area (Å²) >= 11 is 0. The molecule has 1 N–H and O–H groups in total. The summed E-state index contributed by atoms with van der Waals surface area (Å²) in [5, 5.41) is 3.52. The third-order valence-corrected chi connectivity index (χ3v) is 3.43. The Bertz CT molecular complexity index is 531. The second kappa shape index (κ2) is 6.81. The van der Waals surface area contributed by atoms with Crippen LogP contribution in [0.15, 0.2) is 30.3 Å². The van der Waals surface area contributed by atoms with Gasteiger partial charge in [0.05, 0.1) is 6.04 Å². The Morgan fingerprint density at radius 2 is 1.62 bits per heavy atom. The van der Waals surface area contributed by atoms with Crippen LogP contribution < -0.4 is 5.32 Å². The van der Waals surface area contributed by atoms with E-state index in [9.17, 15) is 4.39 Å². The molecule has 1 atom stereocenters. The molecule has 2 nitrogen and oxygen atoms in total. The van der Waals surface area contributed by atoms with E-state index < -0.39 is 0 Å². The van der Waals surface area contributed by atoms with Crippen LogP contribution in [0.25, 0.3) is 0 Å². The zero-order chi connectivity index (χ0) is 15.4. The Kier molecular flexibility index (Phi) is 5.07. The minimum Gasteiger partial charge on any atom is -0.306 e. The van der Waals surface area contributed by atoms with Crippen molar-refractivity contribution >= 4 is 0 Å². The van der Waals surface area contributed by atoms with Crippen LogP contribution in [0.5, 0.6) is 0 Å². The van der Waals surface area contributed by atoms with Crippen LogP contribution in [0.4, 0.5) is 4.39 Å². The Morgan fingerprint density at radius 1 is 1.00 bits per heavy atom. The van der Waals surface area contributed by atoms with Crippen molar-refractivity contribution < 1.29 is 4.39 Å². The summed E-state index contributed by atoms with van der Waals surface area (Å²) in [7, 11) is 0. The molecular weight excluding hydrogens is 263 g/mol. The van der Waals surface area contributed by atoms with E-state index in [2.05, 4.69) is 29.4 Å². The molecule has 0 aliphatic rings. The molecule has 2 aromatic rings. The third-order valence-electron chi connectivity index (χ3n) is 3.43. The van der Waals surface area contributed by atoms with Gasteiger partial charge in [-0.15, -0.1) is 0 Å². The van der Waals surface area contributed by atoms with Crippen LogP contribution in [0.1, 0.15) is 47.5 Å². The largest absolute Gasteiger partial charge is 0.306 e. The molecule has 0 aliphatic heterocycles. The fourth-order valence-electron chi connectivity index (χ4n) is 2.68. The lowest BCUT2D eigenvalue weighted by atomic mass is 9.96. The van der Waals surface area contributed by atoms with Crippen molar-refractivity contribution in [3.8, 4) is 0 Å². The normalized spacial score (nSPS) is 12.4. The molecule has 1 aromatic heterocycles. The average Bonchev–Trinajstić information content (AvgIpc) is 2.37. The highest BCUT2D eigenvalue weighted by Crippen LogP contribution is 2.25. The van der Waals surface area contributed by atoms with Gasteiger partial charge in [-0.2, -0.15) is 0 Å². The van der Waals surface area contributed by atoms with Crippen molar-refractivity contribution in [3.05, 3.63) is 64.2 Å². The second-order valence-corrected chi connectivity index (χ2v) is 5.63. The Hall–Kier alpha value is -1.74. The highest BCUT2D eigenvalue weighted by molar-refractivity contribution is 5.35. The number of benzene rings is 1. The third kappa shape index (κ3) is 4.11. The van der Waals surface area contributed by atoms with Crippen molar-refractivity contribution in [2.75, 3.05) is 6.54 Å². The number of hydrogen-bond donors (Lipinski definition) is 1. The first kappa shape index (κ1) is 15.6. The predicted molar refractivity (Wildman–Crippen MR) is 85.0 cm³/mol. The summed E-state index contributed by atoms with van der Waals surface area (Å²) in [5.74, 6) is -0.184. The van der Waals surface area contributed by atoms with E-state index in [1.807, 2.05) is 26.8 Å². The highest BCUT2D eigenvalue weighted by Gasteiger charge is 2.15. The number of aromatic nitrogens is 1. The van der Waals surface area contributed by atoms with E-state index >= 15 is 0 Å². The Balaban J connectivity index is 2.46. The van der Waals surface area contributed by atoms with E-state index in [-0.39, 0.29) is 11.9 Å². The standard InChI is InChI=1S/C18H23FN2/c1-5-6-20-18(15-7-12(2)8-17(19)11-15)16-9-13(3)21-14(4)10-16/h7-11,18,20H,5-6H2,1-4H3. The number of aryl methyl sites for hydroxylation is 3. The van der Waals surface area contributed by atoms with Gasteiger partial charge in [0, 0.05) is 11.4 Å². The molecule has 0 fully saturated rings. The summed E-state index contributed by atoms with van der Waals surface area (Å²) in [6.07, 6.45) is 1.04. The summed E-state index contributed by atoms with van der Waals surface area (Å²) in [6, 6.07) is 9.36. The van der Waals surface area contributed by atoms with Crippen LogP contribution in [-0.2, 0) is 0 Å². The molecule has 2 rings (SSSR count). The molecule has 1 unspecified atom stereocenters. The van der Waals surface area contributed by atoms with Crippen LogP contribution >= 0.6 is 0 Å². The monoisotopic (exact) mass is 286 g/mol. The molecule has 1 heterocycles. The SMILES string of the molecule is CCCNC(c1cc(C)cc(F)c1)c1cc(C)nc(C)c1. The lowest BCUT2D eigenvalue weighted by Crippen LogP contribution is -2.23. The van der Waals surface area contributed by atoms with Crippen LogP contribution in [-0.4, -0.2) is 11.5 Å². The van der Waals surface area contributed by atoms with Crippen molar-refractivity contribution in [1.82, 2.24) is 10.3 Å².